The minimum atomic E-state index is -1.14. The summed E-state index contributed by atoms with van der Waals surface area (Å²) in [6, 6.07) is 0. The van der Waals surface area contributed by atoms with Crippen LogP contribution in [0.2, 0.25) is 0 Å². The molecule has 3 N–H and O–H groups in total. The quantitative estimate of drug-likeness (QED) is 0.428. The zero-order valence-electron chi connectivity index (χ0n) is 7.53. The van der Waals surface area contributed by atoms with Crippen LogP contribution in [-0.4, -0.2) is 51.4 Å². The molecule has 78 valence electrons. The van der Waals surface area contributed by atoms with Crippen molar-refractivity contribution < 1.29 is 15.1 Å². The van der Waals surface area contributed by atoms with E-state index in [4.69, 9.17) is 15.1 Å². The summed E-state index contributed by atoms with van der Waals surface area (Å²) in [5.74, 6) is 0. The average molecular weight is 213 g/mol. The number of aromatic nitrogens is 3. The predicted molar refractivity (Wildman–Crippen MR) is 53.5 cm³/mol. The van der Waals surface area contributed by atoms with E-state index in [1.165, 1.54) is 0 Å². The van der Waals surface area contributed by atoms with Gasteiger partial charge in [0.1, 0.15) is 0 Å². The van der Waals surface area contributed by atoms with Gasteiger partial charge in [0.15, 0.2) is 0 Å². The molecule has 0 unspecified atom stereocenters. The number of rotatable bonds is 3. The zero-order valence-corrected chi connectivity index (χ0v) is 7.53. The van der Waals surface area contributed by atoms with E-state index in [-0.39, 0.29) is 0 Å². The Labute approximate surface area is 83.7 Å². The van der Waals surface area contributed by atoms with Crippen molar-refractivity contribution in [2.45, 2.75) is 0 Å². The first-order valence-corrected chi connectivity index (χ1v) is 3.85. The fourth-order valence-electron chi connectivity index (χ4n) is 1.05. The van der Waals surface area contributed by atoms with Crippen molar-refractivity contribution in [3.05, 3.63) is 31.5 Å². The summed E-state index contributed by atoms with van der Waals surface area (Å²) in [4.78, 5) is 33.8. The van der Waals surface area contributed by atoms with Gasteiger partial charge in [-0.2, -0.15) is 0 Å². The van der Waals surface area contributed by atoms with Crippen molar-refractivity contribution in [1.82, 2.24) is 13.4 Å². The highest BCUT2D eigenvalue weighted by atomic mass is 16.2. The molecule has 0 spiro atoms. The second-order valence-electron chi connectivity index (χ2n) is 2.56. The summed E-state index contributed by atoms with van der Waals surface area (Å²) in [5.41, 5.74) is -3.42. The molecule has 1 heterocycles. The second-order valence-corrected chi connectivity index (χ2v) is 2.56. The molecule has 0 saturated carbocycles. The highest BCUT2D eigenvalue weighted by Gasteiger charge is 2.14. The second kappa shape index (κ2) is 4.34. The molecule has 0 fully saturated rings. The smallest absolute Gasteiger partial charge is 0.407 e. The molecule has 12 heteroatoms. The summed E-state index contributed by atoms with van der Waals surface area (Å²) >= 11 is 0. The predicted octanol–water partition coefficient (Wildman–Crippen LogP) is -6.51. The van der Waals surface area contributed by atoms with Gasteiger partial charge in [-0.15, -0.1) is 0 Å². The molecular formula is C3H6B3N3O6. The highest BCUT2D eigenvalue weighted by Crippen LogP contribution is 1.63. The first kappa shape index (κ1) is 11.6. The van der Waals surface area contributed by atoms with Crippen molar-refractivity contribution in [2.24, 2.45) is 0 Å². The van der Waals surface area contributed by atoms with Gasteiger partial charge in [0.2, 0.25) is 0 Å². The van der Waals surface area contributed by atoms with E-state index in [9.17, 15) is 14.4 Å². The lowest BCUT2D eigenvalue weighted by Crippen LogP contribution is -2.58. The fourth-order valence-corrected chi connectivity index (χ4v) is 1.05. The van der Waals surface area contributed by atoms with E-state index in [0.29, 0.717) is 13.4 Å². The third-order valence-corrected chi connectivity index (χ3v) is 1.81. The Bertz CT molecular complexity index is 423. The lowest BCUT2D eigenvalue weighted by atomic mass is 10.2. The van der Waals surface area contributed by atoms with Crippen molar-refractivity contribution in [2.75, 3.05) is 0 Å². The van der Waals surface area contributed by atoms with Crippen LogP contribution in [0.15, 0.2) is 14.4 Å². The SMILES string of the molecule is O=c1n(BO)c(=O)n(BO)c(=O)n1BO. The summed E-state index contributed by atoms with van der Waals surface area (Å²) in [6.45, 7) is 0. The standard InChI is InChI=1S/C3H6B3N3O6/c10-1-7(4-13)2(11)9(6-15)3(12)8(1)5-14/h4-6,13-15H. The van der Waals surface area contributed by atoms with E-state index in [1.54, 1.807) is 0 Å². The van der Waals surface area contributed by atoms with Crippen LogP contribution in [0, 0.1) is 0 Å². The van der Waals surface area contributed by atoms with Crippen molar-refractivity contribution in [3.63, 3.8) is 0 Å². The summed E-state index contributed by atoms with van der Waals surface area (Å²) < 4.78 is 0.898. The van der Waals surface area contributed by atoms with Gasteiger partial charge in [-0.05, 0) is 0 Å². The molecule has 15 heavy (non-hydrogen) atoms. The van der Waals surface area contributed by atoms with E-state index >= 15 is 0 Å². The topological polar surface area (TPSA) is 127 Å². The molecule has 1 aromatic heterocycles. The Morgan fingerprint density at radius 1 is 0.667 bits per heavy atom. The molecule has 0 radical (unpaired) electrons. The molecule has 0 aromatic carbocycles. The van der Waals surface area contributed by atoms with Crippen molar-refractivity contribution in [1.29, 1.82) is 0 Å². The highest BCUT2D eigenvalue weighted by molar-refractivity contribution is 6.26. The van der Waals surface area contributed by atoms with Gasteiger partial charge in [-0.3, -0.25) is 13.4 Å². The molecule has 0 atom stereocenters. The molecule has 0 aliphatic heterocycles. The summed E-state index contributed by atoms with van der Waals surface area (Å²) in [6.07, 6.45) is 0. The van der Waals surface area contributed by atoms with Crippen LogP contribution < -0.4 is 17.1 Å². The summed E-state index contributed by atoms with van der Waals surface area (Å²) in [5, 5.41) is 26.1. The number of hydrogen-bond donors (Lipinski definition) is 3. The van der Waals surface area contributed by atoms with Gasteiger partial charge < -0.3 is 15.1 Å². The minimum absolute atomic E-state index is 0.299. The van der Waals surface area contributed by atoms with Crippen LogP contribution in [0.1, 0.15) is 0 Å². The molecule has 0 aliphatic rings. The first-order chi connectivity index (χ1) is 7.08. The van der Waals surface area contributed by atoms with E-state index in [2.05, 4.69) is 0 Å². The van der Waals surface area contributed by atoms with Crippen LogP contribution in [0.4, 0.5) is 0 Å². The van der Waals surface area contributed by atoms with E-state index < -0.39 is 39.9 Å². The summed E-state index contributed by atoms with van der Waals surface area (Å²) in [7, 11) is -2.84. The first-order valence-electron chi connectivity index (χ1n) is 3.85. The van der Waals surface area contributed by atoms with Crippen molar-refractivity contribution in [3.8, 4) is 0 Å². The molecule has 0 amide bonds. The lowest BCUT2D eigenvalue weighted by molar-refractivity contribution is 0.535. The zero-order chi connectivity index (χ0) is 11.6. The Hall–Kier alpha value is -1.52. The molecular weight excluding hydrogens is 206 g/mol. The maximum atomic E-state index is 11.3. The van der Waals surface area contributed by atoms with Crippen LogP contribution in [0.5, 0.6) is 0 Å². The normalized spacial score (nSPS) is 9.80. The maximum Gasteiger partial charge on any atom is 0.407 e. The Morgan fingerprint density at radius 3 is 1.00 bits per heavy atom. The molecule has 9 nitrogen and oxygen atoms in total. The lowest BCUT2D eigenvalue weighted by Gasteiger charge is -2.07. The Kier molecular flexibility index (Phi) is 3.34. The fraction of sp³-hybridized carbons (Fsp3) is 0. The van der Waals surface area contributed by atoms with Crippen molar-refractivity contribution >= 4 is 22.9 Å². The Morgan fingerprint density at radius 2 is 0.867 bits per heavy atom. The third-order valence-electron chi connectivity index (χ3n) is 1.81. The van der Waals surface area contributed by atoms with Crippen LogP contribution in [-0.2, 0) is 0 Å². The van der Waals surface area contributed by atoms with Gasteiger partial charge in [-0.1, -0.05) is 0 Å². The van der Waals surface area contributed by atoms with Gasteiger partial charge in [0, 0.05) is 0 Å². The third kappa shape index (κ3) is 1.69. The van der Waals surface area contributed by atoms with Crippen LogP contribution >= 0.6 is 0 Å². The molecule has 0 aliphatic carbocycles. The van der Waals surface area contributed by atoms with Crippen LogP contribution in [0.3, 0.4) is 0 Å². The largest absolute Gasteiger partial charge is 0.435 e. The van der Waals surface area contributed by atoms with Gasteiger partial charge in [0.25, 0.3) is 0 Å². The van der Waals surface area contributed by atoms with E-state index in [0.717, 1.165) is 0 Å². The average Bonchev–Trinajstić information content (AvgIpc) is 2.19. The Balaban J connectivity index is 3.82. The van der Waals surface area contributed by atoms with Gasteiger partial charge in [-0.25, -0.2) is 14.4 Å². The number of nitrogens with zero attached hydrogens (tertiary/aromatic N) is 3. The van der Waals surface area contributed by atoms with E-state index in [1.807, 2.05) is 0 Å². The number of hydrogen-bond acceptors (Lipinski definition) is 6. The van der Waals surface area contributed by atoms with Gasteiger partial charge in [0.05, 0.1) is 0 Å². The van der Waals surface area contributed by atoms with Crippen LogP contribution in [0.25, 0.3) is 0 Å². The maximum absolute atomic E-state index is 11.3. The minimum Gasteiger partial charge on any atom is -0.435 e. The monoisotopic (exact) mass is 213 g/mol. The molecule has 0 saturated heterocycles. The molecule has 1 aromatic rings. The molecule has 0 bridgehead atoms. The van der Waals surface area contributed by atoms with Gasteiger partial charge >= 0.3 is 39.9 Å². The molecule has 1 rings (SSSR count).